The smallest absolute Gasteiger partial charge is 0.236 e. The molecule has 158 valence electrons. The summed E-state index contributed by atoms with van der Waals surface area (Å²) < 4.78 is 53.6. The molecule has 1 aromatic heterocycles. The van der Waals surface area contributed by atoms with Crippen molar-refractivity contribution in [2.75, 3.05) is 18.0 Å². The Balaban J connectivity index is 1.87. The van der Waals surface area contributed by atoms with Gasteiger partial charge in [-0.05, 0) is 50.2 Å². The predicted molar refractivity (Wildman–Crippen MR) is 114 cm³/mol. The van der Waals surface area contributed by atoms with Gasteiger partial charge in [0.25, 0.3) is 0 Å². The number of nitrogens with zero attached hydrogens (tertiary/aromatic N) is 2. The predicted octanol–water partition coefficient (Wildman–Crippen LogP) is 4.69. The van der Waals surface area contributed by atoms with Gasteiger partial charge in [-0.25, -0.2) is 12.8 Å². The fourth-order valence-electron chi connectivity index (χ4n) is 3.49. The number of anilines is 1. The van der Waals surface area contributed by atoms with Crippen LogP contribution in [0.2, 0.25) is 0 Å². The Labute approximate surface area is 182 Å². The third kappa shape index (κ3) is 4.01. The molecule has 2 heterocycles. The van der Waals surface area contributed by atoms with Crippen LogP contribution in [0.3, 0.4) is 0 Å². The van der Waals surface area contributed by atoms with Crippen LogP contribution in [0.5, 0.6) is 0 Å². The Morgan fingerprint density at radius 3 is 2.33 bits per heavy atom. The monoisotopic (exact) mass is 494 g/mol. The SMILES string of the molecule is CC1CN(c2oc(-c3ccccc3F)nc2S(=O)(=O)c2ccc(Br)cc2)CC(C)O1. The van der Waals surface area contributed by atoms with Crippen molar-refractivity contribution in [1.82, 2.24) is 4.98 Å². The molecule has 1 aliphatic rings. The molecule has 1 fully saturated rings. The standard InChI is InChI=1S/C21H20BrFN2O4S/c1-13-11-25(12-14(2)28-13)21-20(30(26,27)16-9-7-15(22)8-10-16)24-19(29-21)17-5-3-4-6-18(17)23/h3-10,13-14H,11-12H2,1-2H3. The normalized spacial score (nSPS) is 19.8. The zero-order valence-electron chi connectivity index (χ0n) is 16.4. The van der Waals surface area contributed by atoms with E-state index < -0.39 is 15.7 Å². The topological polar surface area (TPSA) is 72.6 Å². The second-order valence-corrected chi connectivity index (χ2v) is 10.0. The summed E-state index contributed by atoms with van der Waals surface area (Å²) in [6.45, 7) is 4.66. The summed E-state index contributed by atoms with van der Waals surface area (Å²) in [5.41, 5.74) is 0.102. The Kier molecular flexibility index (Phi) is 5.69. The Bertz CT molecular complexity index is 1150. The largest absolute Gasteiger partial charge is 0.419 e. The van der Waals surface area contributed by atoms with E-state index in [2.05, 4.69) is 20.9 Å². The van der Waals surface area contributed by atoms with Crippen molar-refractivity contribution in [1.29, 1.82) is 0 Å². The molecular formula is C21H20BrFN2O4S. The Hall–Kier alpha value is -2.23. The highest BCUT2D eigenvalue weighted by atomic mass is 79.9. The molecule has 30 heavy (non-hydrogen) atoms. The molecular weight excluding hydrogens is 475 g/mol. The molecule has 9 heteroatoms. The fraction of sp³-hybridized carbons (Fsp3) is 0.286. The van der Waals surface area contributed by atoms with Crippen molar-refractivity contribution in [3.8, 4) is 11.5 Å². The molecule has 2 atom stereocenters. The summed E-state index contributed by atoms with van der Waals surface area (Å²) in [5, 5.41) is -0.232. The van der Waals surface area contributed by atoms with Gasteiger partial charge in [0.15, 0.2) is 0 Å². The molecule has 0 radical (unpaired) electrons. The van der Waals surface area contributed by atoms with Crippen LogP contribution >= 0.6 is 15.9 Å². The molecule has 2 aromatic carbocycles. The lowest BCUT2D eigenvalue weighted by Crippen LogP contribution is -2.45. The van der Waals surface area contributed by atoms with Crippen LogP contribution in [-0.4, -0.2) is 38.7 Å². The first kappa shape index (κ1) is 21.0. The third-order valence-electron chi connectivity index (χ3n) is 4.77. The highest BCUT2D eigenvalue weighted by molar-refractivity contribution is 9.10. The first-order chi connectivity index (χ1) is 14.3. The van der Waals surface area contributed by atoms with E-state index in [1.54, 1.807) is 29.2 Å². The lowest BCUT2D eigenvalue weighted by Gasteiger charge is -2.35. The van der Waals surface area contributed by atoms with Gasteiger partial charge in [-0.1, -0.05) is 28.1 Å². The maximum Gasteiger partial charge on any atom is 0.236 e. The van der Waals surface area contributed by atoms with Crippen LogP contribution in [0.4, 0.5) is 10.3 Å². The molecule has 0 spiro atoms. The van der Waals surface area contributed by atoms with E-state index in [1.807, 2.05) is 13.8 Å². The van der Waals surface area contributed by atoms with Crippen molar-refractivity contribution in [3.63, 3.8) is 0 Å². The van der Waals surface area contributed by atoms with Crippen molar-refractivity contribution in [3.05, 3.63) is 58.8 Å². The van der Waals surface area contributed by atoms with Crippen molar-refractivity contribution >= 4 is 31.7 Å². The van der Waals surface area contributed by atoms with Gasteiger partial charge in [-0.15, -0.1) is 0 Å². The van der Waals surface area contributed by atoms with Gasteiger partial charge in [0.1, 0.15) is 5.82 Å². The molecule has 4 rings (SSSR count). The minimum absolute atomic E-state index is 0.0782. The number of ether oxygens (including phenoxy) is 1. The molecule has 3 aromatic rings. The van der Waals surface area contributed by atoms with Gasteiger partial charge in [-0.3, -0.25) is 0 Å². The highest BCUT2D eigenvalue weighted by Crippen LogP contribution is 2.36. The number of sulfone groups is 1. The number of rotatable bonds is 4. The van der Waals surface area contributed by atoms with E-state index in [0.29, 0.717) is 13.1 Å². The summed E-state index contributed by atoms with van der Waals surface area (Å²) in [4.78, 5) is 6.12. The Morgan fingerprint density at radius 1 is 1.07 bits per heavy atom. The van der Waals surface area contributed by atoms with Crippen LogP contribution in [0.25, 0.3) is 11.5 Å². The highest BCUT2D eigenvalue weighted by Gasteiger charge is 2.34. The molecule has 0 amide bonds. The molecule has 0 bridgehead atoms. The van der Waals surface area contributed by atoms with Gasteiger partial charge < -0.3 is 14.1 Å². The van der Waals surface area contributed by atoms with Crippen LogP contribution in [0, 0.1) is 5.82 Å². The van der Waals surface area contributed by atoms with Crippen LogP contribution in [0.15, 0.2) is 67.3 Å². The number of halogens is 2. The maximum atomic E-state index is 14.4. The molecule has 0 aliphatic carbocycles. The van der Waals surface area contributed by atoms with E-state index in [-0.39, 0.29) is 39.5 Å². The van der Waals surface area contributed by atoms with Gasteiger partial charge >= 0.3 is 0 Å². The van der Waals surface area contributed by atoms with Gasteiger partial charge in [-0.2, -0.15) is 4.98 Å². The van der Waals surface area contributed by atoms with Crippen LogP contribution in [-0.2, 0) is 14.6 Å². The summed E-state index contributed by atoms with van der Waals surface area (Å²) in [7, 11) is -4.00. The number of morpholine rings is 1. The fourth-order valence-corrected chi connectivity index (χ4v) is 5.08. The number of benzene rings is 2. The van der Waals surface area contributed by atoms with Crippen molar-refractivity contribution in [2.24, 2.45) is 0 Å². The minimum atomic E-state index is -4.00. The second-order valence-electron chi connectivity index (χ2n) is 7.23. The van der Waals surface area contributed by atoms with Gasteiger partial charge in [0.2, 0.25) is 26.6 Å². The Morgan fingerprint density at radius 2 is 1.70 bits per heavy atom. The number of hydrogen-bond donors (Lipinski definition) is 0. The lowest BCUT2D eigenvalue weighted by atomic mass is 10.2. The van der Waals surface area contributed by atoms with E-state index >= 15 is 0 Å². The van der Waals surface area contributed by atoms with E-state index in [4.69, 9.17) is 9.15 Å². The minimum Gasteiger partial charge on any atom is -0.419 e. The second kappa shape index (κ2) is 8.13. The number of aromatic nitrogens is 1. The zero-order valence-corrected chi connectivity index (χ0v) is 18.8. The van der Waals surface area contributed by atoms with Crippen LogP contribution < -0.4 is 4.90 Å². The summed E-state index contributed by atoms with van der Waals surface area (Å²) in [6, 6.07) is 12.2. The average molecular weight is 495 g/mol. The lowest BCUT2D eigenvalue weighted by molar-refractivity contribution is -0.00657. The van der Waals surface area contributed by atoms with Gasteiger partial charge in [0, 0.05) is 17.6 Å². The van der Waals surface area contributed by atoms with Gasteiger partial charge in [0.05, 0.1) is 22.7 Å². The average Bonchev–Trinajstić information content (AvgIpc) is 3.14. The summed E-state index contributed by atoms with van der Waals surface area (Å²) >= 11 is 3.31. The number of hydrogen-bond acceptors (Lipinski definition) is 6. The third-order valence-corrected chi connectivity index (χ3v) is 6.97. The van der Waals surface area contributed by atoms with E-state index in [1.165, 1.54) is 24.3 Å². The quantitative estimate of drug-likeness (QED) is 0.523. The first-order valence-electron chi connectivity index (χ1n) is 9.42. The molecule has 1 aliphatic heterocycles. The van der Waals surface area contributed by atoms with Crippen molar-refractivity contribution in [2.45, 2.75) is 36.0 Å². The van der Waals surface area contributed by atoms with E-state index in [0.717, 1.165) is 4.47 Å². The van der Waals surface area contributed by atoms with Crippen molar-refractivity contribution < 1.29 is 22.0 Å². The number of oxazole rings is 1. The zero-order chi connectivity index (χ0) is 21.5. The first-order valence-corrected chi connectivity index (χ1v) is 11.7. The molecule has 0 N–H and O–H groups in total. The molecule has 1 saturated heterocycles. The molecule has 2 unspecified atom stereocenters. The summed E-state index contributed by atoms with van der Waals surface area (Å²) in [5.74, 6) is -0.523. The maximum absolute atomic E-state index is 14.4. The van der Waals surface area contributed by atoms with E-state index in [9.17, 15) is 12.8 Å². The summed E-state index contributed by atoms with van der Waals surface area (Å²) in [6.07, 6.45) is -0.252. The molecule has 6 nitrogen and oxygen atoms in total. The molecule has 0 saturated carbocycles. The van der Waals surface area contributed by atoms with Crippen LogP contribution in [0.1, 0.15) is 13.8 Å².